The molecule has 0 aliphatic carbocycles. The predicted octanol–water partition coefficient (Wildman–Crippen LogP) is 2.59. The van der Waals surface area contributed by atoms with Gasteiger partial charge in [-0.2, -0.15) is 0 Å². The van der Waals surface area contributed by atoms with Gasteiger partial charge < -0.3 is 20.0 Å². The Morgan fingerprint density at radius 1 is 1.24 bits per heavy atom. The van der Waals surface area contributed by atoms with Crippen LogP contribution in [0.3, 0.4) is 0 Å². The van der Waals surface area contributed by atoms with E-state index in [0.29, 0.717) is 13.1 Å². The maximum absolute atomic E-state index is 5.35. The van der Waals surface area contributed by atoms with Crippen molar-refractivity contribution >= 4 is 11.8 Å². The molecule has 2 aromatic rings. The van der Waals surface area contributed by atoms with Crippen LogP contribution in [0, 0.1) is 0 Å². The van der Waals surface area contributed by atoms with Gasteiger partial charge in [0, 0.05) is 33.6 Å². The highest BCUT2D eigenvalue weighted by Gasteiger charge is 2.03. The van der Waals surface area contributed by atoms with Gasteiger partial charge in [-0.15, -0.1) is 0 Å². The van der Waals surface area contributed by atoms with E-state index in [-0.39, 0.29) is 0 Å². The number of guanidine groups is 1. The van der Waals surface area contributed by atoms with Crippen molar-refractivity contribution in [2.75, 3.05) is 32.1 Å². The number of nitrogens with zero attached hydrogens (tertiary/aromatic N) is 3. The van der Waals surface area contributed by atoms with Gasteiger partial charge in [0.25, 0.3) is 0 Å². The second kappa shape index (κ2) is 9.52. The van der Waals surface area contributed by atoms with E-state index in [1.807, 2.05) is 56.3 Å². The average molecular weight is 341 g/mol. The lowest BCUT2D eigenvalue weighted by Gasteiger charge is -2.13. The van der Waals surface area contributed by atoms with Crippen LogP contribution in [-0.2, 0) is 13.0 Å². The van der Waals surface area contributed by atoms with Crippen molar-refractivity contribution in [3.05, 3.63) is 60.2 Å². The van der Waals surface area contributed by atoms with E-state index in [4.69, 9.17) is 4.42 Å². The van der Waals surface area contributed by atoms with Crippen LogP contribution < -0.4 is 15.5 Å². The molecule has 2 rings (SSSR count). The van der Waals surface area contributed by atoms with Crippen molar-refractivity contribution in [3.8, 4) is 0 Å². The van der Waals surface area contributed by atoms with Gasteiger partial charge in [0.2, 0.25) is 0 Å². The molecule has 2 heterocycles. The molecule has 6 heteroatoms. The Kier molecular flexibility index (Phi) is 7.07. The van der Waals surface area contributed by atoms with E-state index < -0.39 is 0 Å². The fraction of sp³-hybridized carbons (Fsp3) is 0.368. The molecule has 0 saturated heterocycles. The Morgan fingerprint density at radius 2 is 2.08 bits per heavy atom. The van der Waals surface area contributed by atoms with Crippen LogP contribution in [0.1, 0.15) is 18.4 Å². The van der Waals surface area contributed by atoms with Crippen LogP contribution in [0.5, 0.6) is 0 Å². The van der Waals surface area contributed by atoms with E-state index in [1.165, 1.54) is 0 Å². The minimum absolute atomic E-state index is 0.508. The number of rotatable bonds is 8. The molecule has 0 aromatic carbocycles. The first-order valence-electron chi connectivity index (χ1n) is 8.37. The summed E-state index contributed by atoms with van der Waals surface area (Å²) in [5.41, 5.74) is 1.97. The third-order valence-corrected chi connectivity index (χ3v) is 3.45. The molecule has 0 aliphatic rings. The van der Waals surface area contributed by atoms with Gasteiger partial charge in [0.05, 0.1) is 18.5 Å². The average Bonchev–Trinajstić information content (AvgIpc) is 3.10. The summed E-state index contributed by atoms with van der Waals surface area (Å²) in [6, 6.07) is 9.83. The largest absolute Gasteiger partial charge is 0.469 e. The molecule has 6 nitrogen and oxygen atoms in total. The SMILES string of the molecule is C=C(C)CNC(=NCc1cccc(N(C)C)n1)NCCc1ccco1. The van der Waals surface area contributed by atoms with Crippen LogP contribution in [0.25, 0.3) is 0 Å². The molecule has 0 aliphatic heterocycles. The van der Waals surface area contributed by atoms with Gasteiger partial charge >= 0.3 is 0 Å². The van der Waals surface area contributed by atoms with E-state index >= 15 is 0 Å². The quantitative estimate of drug-likeness (QED) is 0.439. The zero-order chi connectivity index (χ0) is 18.1. The molecule has 0 atom stereocenters. The Balaban J connectivity index is 1.96. The lowest BCUT2D eigenvalue weighted by Crippen LogP contribution is -2.39. The zero-order valence-electron chi connectivity index (χ0n) is 15.2. The third kappa shape index (κ3) is 6.71. The van der Waals surface area contributed by atoms with Gasteiger partial charge in [-0.3, -0.25) is 0 Å². The number of hydrogen-bond donors (Lipinski definition) is 2. The first kappa shape index (κ1) is 18.6. The molecular formula is C19H27N5O. The highest BCUT2D eigenvalue weighted by molar-refractivity contribution is 5.80. The van der Waals surface area contributed by atoms with Gasteiger partial charge in [-0.1, -0.05) is 18.2 Å². The summed E-state index contributed by atoms with van der Waals surface area (Å²) in [7, 11) is 3.96. The molecule has 0 bridgehead atoms. The van der Waals surface area contributed by atoms with Crippen molar-refractivity contribution in [1.82, 2.24) is 15.6 Å². The monoisotopic (exact) mass is 341 g/mol. The van der Waals surface area contributed by atoms with Crippen molar-refractivity contribution in [1.29, 1.82) is 0 Å². The lowest BCUT2D eigenvalue weighted by atomic mass is 10.3. The Bertz CT molecular complexity index is 692. The molecular weight excluding hydrogens is 314 g/mol. The molecule has 134 valence electrons. The fourth-order valence-corrected chi connectivity index (χ4v) is 2.13. The normalized spacial score (nSPS) is 11.2. The van der Waals surface area contributed by atoms with Crippen molar-refractivity contribution in [3.63, 3.8) is 0 Å². The Morgan fingerprint density at radius 3 is 2.76 bits per heavy atom. The summed E-state index contributed by atoms with van der Waals surface area (Å²) < 4.78 is 5.35. The second-order valence-corrected chi connectivity index (χ2v) is 6.11. The standard InChI is InChI=1S/C19H27N5O/c1-15(2)13-21-19(20-11-10-17-8-6-12-25-17)22-14-16-7-5-9-18(23-16)24(3)4/h5-9,12H,1,10-11,13-14H2,2-4H3,(H2,20,21,22). The molecule has 0 radical (unpaired) electrons. The minimum atomic E-state index is 0.508. The highest BCUT2D eigenvalue weighted by Crippen LogP contribution is 2.08. The summed E-state index contributed by atoms with van der Waals surface area (Å²) in [6.45, 7) is 7.82. The van der Waals surface area contributed by atoms with Crippen molar-refractivity contribution in [2.24, 2.45) is 4.99 Å². The topological polar surface area (TPSA) is 65.7 Å². The van der Waals surface area contributed by atoms with Crippen LogP contribution in [0.2, 0.25) is 0 Å². The molecule has 25 heavy (non-hydrogen) atoms. The number of aliphatic imine (C=N–C) groups is 1. The number of hydrogen-bond acceptors (Lipinski definition) is 4. The van der Waals surface area contributed by atoms with E-state index in [2.05, 4.69) is 27.2 Å². The number of furan rings is 1. The molecule has 0 spiro atoms. The molecule has 0 fully saturated rings. The number of anilines is 1. The predicted molar refractivity (Wildman–Crippen MR) is 103 cm³/mol. The zero-order valence-corrected chi connectivity index (χ0v) is 15.2. The minimum Gasteiger partial charge on any atom is -0.469 e. The van der Waals surface area contributed by atoms with E-state index in [1.54, 1.807) is 6.26 Å². The Labute approximate surface area is 149 Å². The number of pyridine rings is 1. The van der Waals surface area contributed by atoms with Crippen LogP contribution in [0.15, 0.2) is 58.2 Å². The van der Waals surface area contributed by atoms with Gasteiger partial charge in [-0.05, 0) is 31.2 Å². The fourth-order valence-electron chi connectivity index (χ4n) is 2.13. The van der Waals surface area contributed by atoms with Crippen LogP contribution in [-0.4, -0.2) is 38.1 Å². The summed E-state index contributed by atoms with van der Waals surface area (Å²) in [4.78, 5) is 11.2. The first-order valence-corrected chi connectivity index (χ1v) is 8.37. The maximum Gasteiger partial charge on any atom is 0.191 e. The third-order valence-electron chi connectivity index (χ3n) is 3.45. The van der Waals surface area contributed by atoms with Crippen molar-refractivity contribution in [2.45, 2.75) is 19.9 Å². The van der Waals surface area contributed by atoms with Gasteiger partial charge in [-0.25, -0.2) is 9.98 Å². The van der Waals surface area contributed by atoms with Crippen LogP contribution in [0.4, 0.5) is 5.82 Å². The molecule has 2 N–H and O–H groups in total. The van der Waals surface area contributed by atoms with Gasteiger partial charge in [0.1, 0.15) is 11.6 Å². The molecule has 0 amide bonds. The Hall–Kier alpha value is -2.76. The van der Waals surface area contributed by atoms with Crippen LogP contribution >= 0.6 is 0 Å². The summed E-state index contributed by atoms with van der Waals surface area (Å²) >= 11 is 0. The molecule has 0 saturated carbocycles. The second-order valence-electron chi connectivity index (χ2n) is 6.11. The van der Waals surface area contributed by atoms with Crippen molar-refractivity contribution < 1.29 is 4.42 Å². The highest BCUT2D eigenvalue weighted by atomic mass is 16.3. The smallest absolute Gasteiger partial charge is 0.191 e. The lowest BCUT2D eigenvalue weighted by molar-refractivity contribution is 0.507. The van der Waals surface area contributed by atoms with E-state index in [9.17, 15) is 0 Å². The maximum atomic E-state index is 5.35. The summed E-state index contributed by atoms with van der Waals surface area (Å²) in [6.07, 6.45) is 2.49. The molecule has 0 unspecified atom stereocenters. The first-order chi connectivity index (χ1) is 12.0. The van der Waals surface area contributed by atoms with Gasteiger partial charge in [0.15, 0.2) is 5.96 Å². The summed E-state index contributed by atoms with van der Waals surface area (Å²) in [5.74, 6) is 2.62. The number of aromatic nitrogens is 1. The molecule has 2 aromatic heterocycles. The summed E-state index contributed by atoms with van der Waals surface area (Å²) in [5, 5.41) is 6.60. The van der Waals surface area contributed by atoms with E-state index in [0.717, 1.165) is 41.8 Å². The number of nitrogens with one attached hydrogen (secondary N) is 2.